The van der Waals surface area contributed by atoms with Gasteiger partial charge in [0.2, 0.25) is 11.9 Å². The normalized spacial score (nSPS) is 11.2. The minimum absolute atomic E-state index is 0.205. The molecule has 1 aromatic heterocycles. The second-order valence-electron chi connectivity index (χ2n) is 9.82. The fraction of sp³-hybridized carbons (Fsp3) is 0.889. The first-order valence-corrected chi connectivity index (χ1v) is 15.0. The summed E-state index contributed by atoms with van der Waals surface area (Å²) in [4.78, 5) is 13.2. The van der Waals surface area contributed by atoms with Gasteiger partial charge >= 0.3 is 0 Å². The maximum Gasteiger partial charge on any atom is 0.262 e. The van der Waals surface area contributed by atoms with Crippen LogP contribution >= 0.6 is 0 Å². The molecule has 0 bridgehead atoms. The standard InChI is InChI=1S/C27H57N9/c1-4-7-10-13-16-19-22-29-35-26-32-25(28)33-27(34-26)36(30-23-20-17-14-11-8-5-2)31-24-21-18-15-12-9-6-3/h29-31H,4-24H2,1-3H3,(H3,28,32,33,34,35). The average molecular weight is 508 g/mol. The molecule has 1 aromatic rings. The van der Waals surface area contributed by atoms with Crippen molar-refractivity contribution in [1.29, 1.82) is 0 Å². The lowest BCUT2D eigenvalue weighted by molar-refractivity contribution is 0.475. The van der Waals surface area contributed by atoms with E-state index in [0.717, 1.165) is 38.9 Å². The molecule has 6 N–H and O–H groups in total. The molecule has 0 aromatic carbocycles. The number of nitrogens with two attached hydrogens (primary N) is 1. The van der Waals surface area contributed by atoms with Gasteiger partial charge in [0.25, 0.3) is 5.95 Å². The Bertz CT molecular complexity index is 597. The Balaban J connectivity index is 2.53. The van der Waals surface area contributed by atoms with E-state index in [-0.39, 0.29) is 5.95 Å². The quantitative estimate of drug-likeness (QED) is 0.0730. The fourth-order valence-electron chi connectivity index (χ4n) is 4.06. The van der Waals surface area contributed by atoms with Crippen molar-refractivity contribution in [3.8, 4) is 0 Å². The van der Waals surface area contributed by atoms with Gasteiger partial charge in [-0.2, -0.15) is 15.0 Å². The number of nitrogens with one attached hydrogen (secondary N) is 4. The Morgan fingerprint density at radius 1 is 0.556 bits per heavy atom. The summed E-state index contributed by atoms with van der Waals surface area (Å²) in [6.45, 7) is 9.34. The highest BCUT2D eigenvalue weighted by molar-refractivity contribution is 5.39. The average Bonchev–Trinajstić information content (AvgIpc) is 2.87. The van der Waals surface area contributed by atoms with Crippen molar-refractivity contribution in [3.05, 3.63) is 0 Å². The van der Waals surface area contributed by atoms with E-state index in [9.17, 15) is 0 Å². The molecule has 0 aliphatic carbocycles. The zero-order chi connectivity index (χ0) is 26.1. The first-order chi connectivity index (χ1) is 17.7. The molecule has 0 unspecified atom stereocenters. The van der Waals surface area contributed by atoms with Crippen LogP contribution in [-0.2, 0) is 0 Å². The minimum atomic E-state index is 0.205. The topological polar surface area (TPSA) is 116 Å². The summed E-state index contributed by atoms with van der Waals surface area (Å²) in [5.41, 5.74) is 19.3. The van der Waals surface area contributed by atoms with E-state index in [0.29, 0.717) is 11.9 Å². The van der Waals surface area contributed by atoms with E-state index in [4.69, 9.17) is 5.73 Å². The van der Waals surface area contributed by atoms with Gasteiger partial charge in [0.05, 0.1) is 0 Å². The third-order valence-corrected chi connectivity index (χ3v) is 6.30. The van der Waals surface area contributed by atoms with Crippen molar-refractivity contribution in [3.63, 3.8) is 0 Å². The van der Waals surface area contributed by atoms with Crippen LogP contribution in [0.4, 0.5) is 17.8 Å². The summed E-state index contributed by atoms with van der Waals surface area (Å²) in [6, 6.07) is 0. The predicted octanol–water partition coefficient (Wildman–Crippen LogP) is 6.27. The molecule has 0 radical (unpaired) electrons. The predicted molar refractivity (Wildman–Crippen MR) is 154 cm³/mol. The first kappa shape index (κ1) is 32.3. The highest BCUT2D eigenvalue weighted by Gasteiger charge is 2.12. The van der Waals surface area contributed by atoms with Crippen LogP contribution in [0.25, 0.3) is 0 Å². The second-order valence-corrected chi connectivity index (χ2v) is 9.82. The largest absolute Gasteiger partial charge is 0.368 e. The van der Waals surface area contributed by atoms with Crippen LogP contribution in [-0.4, -0.2) is 34.6 Å². The zero-order valence-electron chi connectivity index (χ0n) is 23.7. The Kier molecular flexibility index (Phi) is 21.3. The molecule has 0 aliphatic heterocycles. The van der Waals surface area contributed by atoms with Crippen LogP contribution < -0.4 is 32.6 Å². The van der Waals surface area contributed by atoms with Gasteiger partial charge in [0.1, 0.15) is 0 Å². The third-order valence-electron chi connectivity index (χ3n) is 6.30. The number of rotatable bonds is 26. The smallest absolute Gasteiger partial charge is 0.262 e. The molecular weight excluding hydrogens is 450 g/mol. The van der Waals surface area contributed by atoms with E-state index >= 15 is 0 Å². The molecule has 210 valence electrons. The summed E-state index contributed by atoms with van der Waals surface area (Å²) >= 11 is 0. The monoisotopic (exact) mass is 507 g/mol. The van der Waals surface area contributed by atoms with Gasteiger partial charge in [-0.05, 0) is 19.3 Å². The third kappa shape index (κ3) is 17.7. The highest BCUT2D eigenvalue weighted by atomic mass is 15.7. The number of aromatic nitrogens is 3. The molecule has 0 fully saturated rings. The lowest BCUT2D eigenvalue weighted by Crippen LogP contribution is -2.50. The van der Waals surface area contributed by atoms with Crippen molar-refractivity contribution >= 4 is 17.8 Å². The molecule has 1 rings (SSSR count). The van der Waals surface area contributed by atoms with Crippen LogP contribution in [0.1, 0.15) is 136 Å². The Labute approximate surface area is 221 Å². The summed E-state index contributed by atoms with van der Waals surface area (Å²) in [5.74, 6) is 1.14. The van der Waals surface area contributed by atoms with Gasteiger partial charge < -0.3 is 5.73 Å². The van der Waals surface area contributed by atoms with E-state index < -0.39 is 0 Å². The van der Waals surface area contributed by atoms with Gasteiger partial charge in [0, 0.05) is 19.6 Å². The lowest BCUT2D eigenvalue weighted by atomic mass is 10.1. The summed E-state index contributed by atoms with van der Waals surface area (Å²) in [5, 5.41) is 1.83. The van der Waals surface area contributed by atoms with E-state index in [1.165, 1.54) is 96.3 Å². The molecule has 36 heavy (non-hydrogen) atoms. The molecule has 0 saturated heterocycles. The van der Waals surface area contributed by atoms with Gasteiger partial charge in [-0.25, -0.2) is 21.4 Å². The highest BCUT2D eigenvalue weighted by Crippen LogP contribution is 2.11. The molecule has 9 nitrogen and oxygen atoms in total. The van der Waals surface area contributed by atoms with E-state index in [1.54, 1.807) is 0 Å². The van der Waals surface area contributed by atoms with Crippen molar-refractivity contribution in [2.75, 3.05) is 35.9 Å². The number of unbranched alkanes of at least 4 members (excludes halogenated alkanes) is 15. The van der Waals surface area contributed by atoms with Gasteiger partial charge in [-0.1, -0.05) is 117 Å². The molecular formula is C27H57N9. The molecule has 1 heterocycles. The minimum Gasteiger partial charge on any atom is -0.368 e. The van der Waals surface area contributed by atoms with Crippen LogP contribution in [0.2, 0.25) is 0 Å². The van der Waals surface area contributed by atoms with Gasteiger partial charge in [0.15, 0.2) is 0 Å². The first-order valence-electron chi connectivity index (χ1n) is 15.0. The maximum absolute atomic E-state index is 6.03. The van der Waals surface area contributed by atoms with Crippen LogP contribution in [0.15, 0.2) is 0 Å². The zero-order valence-corrected chi connectivity index (χ0v) is 23.7. The molecule has 0 spiro atoms. The maximum atomic E-state index is 6.03. The Morgan fingerprint density at radius 2 is 1.00 bits per heavy atom. The van der Waals surface area contributed by atoms with E-state index in [2.05, 4.69) is 57.4 Å². The number of nitrogens with zero attached hydrogens (tertiary/aromatic N) is 4. The molecule has 0 saturated carbocycles. The second kappa shape index (κ2) is 23.7. The summed E-state index contributed by atoms with van der Waals surface area (Å²) < 4.78 is 0. The van der Waals surface area contributed by atoms with Crippen LogP contribution in [0.5, 0.6) is 0 Å². The summed E-state index contributed by atoms with van der Waals surface area (Å²) in [6.07, 6.45) is 22.7. The number of hydrazine groups is 3. The summed E-state index contributed by atoms with van der Waals surface area (Å²) in [7, 11) is 0. The molecule has 0 atom stereocenters. The van der Waals surface area contributed by atoms with Crippen molar-refractivity contribution in [2.45, 2.75) is 136 Å². The molecule has 0 amide bonds. The fourth-order valence-corrected chi connectivity index (χ4v) is 4.06. The Morgan fingerprint density at radius 3 is 1.50 bits per heavy atom. The Hall–Kier alpha value is -1.71. The number of nitrogen functional groups attached to an aromatic ring is 1. The number of anilines is 3. The van der Waals surface area contributed by atoms with Crippen molar-refractivity contribution < 1.29 is 0 Å². The van der Waals surface area contributed by atoms with Crippen molar-refractivity contribution in [1.82, 2.24) is 31.2 Å². The van der Waals surface area contributed by atoms with Gasteiger partial charge in [-0.15, -0.1) is 0 Å². The van der Waals surface area contributed by atoms with Crippen molar-refractivity contribution in [2.24, 2.45) is 0 Å². The molecule has 0 aliphatic rings. The van der Waals surface area contributed by atoms with Crippen LogP contribution in [0, 0.1) is 0 Å². The number of hydrogen-bond donors (Lipinski definition) is 5. The SMILES string of the molecule is CCCCCCCCNNc1nc(N)nc(N(NCCCCCCCC)NCCCCCCCC)n1. The van der Waals surface area contributed by atoms with Gasteiger partial charge in [-0.3, -0.25) is 5.43 Å². The van der Waals surface area contributed by atoms with E-state index in [1.807, 2.05) is 5.12 Å². The van der Waals surface area contributed by atoms with Crippen LogP contribution in [0.3, 0.4) is 0 Å². The lowest BCUT2D eigenvalue weighted by Gasteiger charge is -2.24. The molecule has 9 heteroatoms. The number of hydrogen-bond acceptors (Lipinski definition) is 9.